The fourth-order valence-electron chi connectivity index (χ4n) is 2.12. The fourth-order valence-corrected chi connectivity index (χ4v) is 2.12. The second-order valence-electron chi connectivity index (χ2n) is 4.93. The van der Waals surface area contributed by atoms with E-state index in [1.165, 1.54) is 6.07 Å². The van der Waals surface area contributed by atoms with E-state index in [1.54, 1.807) is 20.8 Å². The van der Waals surface area contributed by atoms with E-state index >= 15 is 0 Å². The Balaban J connectivity index is 2.60. The highest BCUT2D eigenvalue weighted by Gasteiger charge is 2.21. The third-order valence-electron chi connectivity index (χ3n) is 3.37. The molecule has 0 aliphatic rings. The van der Waals surface area contributed by atoms with Gasteiger partial charge in [-0.2, -0.15) is 0 Å². The fraction of sp³-hybridized carbons (Fsp3) is 0.333. The Kier molecular flexibility index (Phi) is 4.35. The van der Waals surface area contributed by atoms with Gasteiger partial charge < -0.3 is 10.0 Å². The Bertz CT molecular complexity index is 761. The topological polar surface area (TPSA) is 83.4 Å². The highest BCUT2D eigenvalue weighted by atomic mass is 19.1. The summed E-state index contributed by atoms with van der Waals surface area (Å²) >= 11 is 0. The van der Waals surface area contributed by atoms with Gasteiger partial charge in [-0.3, -0.25) is 9.59 Å². The van der Waals surface area contributed by atoms with Crippen LogP contribution >= 0.6 is 0 Å². The predicted molar refractivity (Wildman–Crippen MR) is 78.2 cm³/mol. The summed E-state index contributed by atoms with van der Waals surface area (Å²) in [5.74, 6) is -2.32. The largest absolute Gasteiger partial charge is 0.480 e. The van der Waals surface area contributed by atoms with E-state index in [0.29, 0.717) is 11.4 Å². The number of likely N-dealkylation sites (N-methyl/N-ethyl adjacent to an activating group) is 1. The van der Waals surface area contributed by atoms with E-state index in [0.717, 1.165) is 11.0 Å². The zero-order chi connectivity index (χ0) is 16.4. The monoisotopic (exact) mass is 305 g/mol. The van der Waals surface area contributed by atoms with Crippen LogP contribution in [0.25, 0.3) is 11.0 Å². The number of rotatable bonds is 4. The first-order chi connectivity index (χ1) is 10.3. The molecule has 0 saturated heterocycles. The van der Waals surface area contributed by atoms with Crippen LogP contribution < -0.4 is 0 Å². The first-order valence-electron chi connectivity index (χ1n) is 6.79. The van der Waals surface area contributed by atoms with Crippen LogP contribution in [-0.2, 0) is 4.79 Å². The van der Waals surface area contributed by atoms with Crippen molar-refractivity contribution in [3.05, 3.63) is 34.9 Å². The first kappa shape index (κ1) is 15.8. The molecule has 1 aromatic heterocycles. The van der Waals surface area contributed by atoms with Gasteiger partial charge in [0.1, 0.15) is 17.9 Å². The highest BCUT2D eigenvalue weighted by Crippen LogP contribution is 2.20. The Labute approximate surface area is 126 Å². The van der Waals surface area contributed by atoms with Gasteiger partial charge >= 0.3 is 5.97 Å². The number of halogens is 1. The van der Waals surface area contributed by atoms with Gasteiger partial charge in [0, 0.05) is 12.6 Å². The second-order valence-corrected chi connectivity index (χ2v) is 4.93. The van der Waals surface area contributed by atoms with E-state index in [1.807, 2.05) is 0 Å². The van der Waals surface area contributed by atoms with Crippen molar-refractivity contribution in [1.82, 2.24) is 14.9 Å². The summed E-state index contributed by atoms with van der Waals surface area (Å²) in [6.45, 7) is 4.89. The maximum atomic E-state index is 13.8. The molecule has 0 aliphatic heterocycles. The lowest BCUT2D eigenvalue weighted by molar-refractivity contribution is -0.137. The summed E-state index contributed by atoms with van der Waals surface area (Å²) in [5.41, 5.74) is 1.86. The molecule has 0 bridgehead atoms. The van der Waals surface area contributed by atoms with Gasteiger partial charge in [0.15, 0.2) is 0 Å². The third kappa shape index (κ3) is 3.03. The van der Waals surface area contributed by atoms with E-state index in [-0.39, 0.29) is 23.1 Å². The van der Waals surface area contributed by atoms with Crippen LogP contribution in [0.3, 0.4) is 0 Å². The lowest BCUT2D eigenvalue weighted by Crippen LogP contribution is -2.35. The van der Waals surface area contributed by atoms with E-state index in [4.69, 9.17) is 5.11 Å². The van der Waals surface area contributed by atoms with Crippen LogP contribution in [-0.4, -0.2) is 44.9 Å². The molecular weight excluding hydrogens is 289 g/mol. The molecule has 6 nitrogen and oxygen atoms in total. The minimum atomic E-state index is -1.13. The summed E-state index contributed by atoms with van der Waals surface area (Å²) in [4.78, 5) is 33.0. The highest BCUT2D eigenvalue weighted by molar-refractivity contribution is 6.05. The lowest BCUT2D eigenvalue weighted by atomic mass is 10.1. The van der Waals surface area contributed by atoms with Crippen molar-refractivity contribution in [2.75, 3.05) is 13.1 Å². The van der Waals surface area contributed by atoms with Gasteiger partial charge in [0.05, 0.1) is 22.5 Å². The van der Waals surface area contributed by atoms with Crippen molar-refractivity contribution in [3.63, 3.8) is 0 Å². The number of carboxylic acid groups (broad SMARTS) is 1. The van der Waals surface area contributed by atoms with Gasteiger partial charge in [-0.25, -0.2) is 14.4 Å². The number of benzene rings is 1. The molecule has 2 rings (SSSR count). The summed E-state index contributed by atoms with van der Waals surface area (Å²) in [7, 11) is 0. The van der Waals surface area contributed by atoms with Gasteiger partial charge in [0.25, 0.3) is 5.91 Å². The summed E-state index contributed by atoms with van der Waals surface area (Å²) in [5, 5.41) is 8.86. The predicted octanol–water partition coefficient (Wildman–Crippen LogP) is 1.93. The van der Waals surface area contributed by atoms with Crippen LogP contribution in [0, 0.1) is 19.7 Å². The summed E-state index contributed by atoms with van der Waals surface area (Å²) in [6.07, 6.45) is 0. The molecule has 0 atom stereocenters. The zero-order valence-electron chi connectivity index (χ0n) is 12.6. The van der Waals surface area contributed by atoms with Crippen molar-refractivity contribution in [1.29, 1.82) is 0 Å². The quantitative estimate of drug-likeness (QED) is 0.933. The van der Waals surface area contributed by atoms with Crippen LogP contribution in [0.2, 0.25) is 0 Å². The van der Waals surface area contributed by atoms with Gasteiger partial charge in [-0.15, -0.1) is 0 Å². The van der Waals surface area contributed by atoms with Crippen molar-refractivity contribution in [2.45, 2.75) is 20.8 Å². The first-order valence-corrected chi connectivity index (χ1v) is 6.79. The normalized spacial score (nSPS) is 10.7. The van der Waals surface area contributed by atoms with Crippen molar-refractivity contribution < 1.29 is 19.1 Å². The van der Waals surface area contributed by atoms with Gasteiger partial charge in [-0.05, 0) is 26.8 Å². The second kappa shape index (κ2) is 6.05. The van der Waals surface area contributed by atoms with E-state index < -0.39 is 24.2 Å². The molecule has 1 aromatic carbocycles. The van der Waals surface area contributed by atoms with E-state index in [2.05, 4.69) is 9.97 Å². The summed E-state index contributed by atoms with van der Waals surface area (Å²) in [6, 6.07) is 2.28. The molecule has 116 valence electrons. The smallest absolute Gasteiger partial charge is 0.323 e. The molecule has 0 radical (unpaired) electrons. The van der Waals surface area contributed by atoms with Crippen molar-refractivity contribution in [2.24, 2.45) is 0 Å². The number of fused-ring (bicyclic) bond motifs is 1. The minimum Gasteiger partial charge on any atom is -0.480 e. The van der Waals surface area contributed by atoms with Crippen molar-refractivity contribution in [3.8, 4) is 0 Å². The maximum absolute atomic E-state index is 13.8. The molecule has 22 heavy (non-hydrogen) atoms. The van der Waals surface area contributed by atoms with Crippen molar-refractivity contribution >= 4 is 22.9 Å². The van der Waals surface area contributed by atoms with Gasteiger partial charge in [-0.1, -0.05) is 0 Å². The molecule has 1 amide bonds. The number of hydrogen-bond acceptors (Lipinski definition) is 4. The molecule has 1 heterocycles. The number of carbonyl (C=O) groups is 2. The molecule has 0 fully saturated rings. The van der Waals surface area contributed by atoms with Crippen LogP contribution in [0.15, 0.2) is 12.1 Å². The van der Waals surface area contributed by atoms with Crippen LogP contribution in [0.5, 0.6) is 0 Å². The molecule has 0 spiro atoms. The Hall–Kier alpha value is -2.57. The zero-order valence-corrected chi connectivity index (χ0v) is 12.6. The maximum Gasteiger partial charge on any atom is 0.323 e. The molecule has 0 saturated carbocycles. The number of nitrogens with zero attached hydrogens (tertiary/aromatic N) is 3. The Morgan fingerprint density at radius 1 is 1.23 bits per heavy atom. The Morgan fingerprint density at radius 3 is 2.45 bits per heavy atom. The average molecular weight is 305 g/mol. The third-order valence-corrected chi connectivity index (χ3v) is 3.37. The van der Waals surface area contributed by atoms with Crippen LogP contribution in [0.4, 0.5) is 4.39 Å². The number of aliphatic carboxylic acids is 1. The summed E-state index contributed by atoms with van der Waals surface area (Å²) < 4.78 is 13.8. The number of amides is 1. The SMILES string of the molecule is CCN(CC(=O)O)C(=O)c1cc(F)cc2nc(C)c(C)nc12. The standard InChI is InChI=1S/C15H16FN3O3/c1-4-19(7-13(20)21)15(22)11-5-10(16)6-12-14(11)18-9(3)8(2)17-12/h5-6H,4,7H2,1-3H3,(H,20,21). The van der Waals surface area contributed by atoms with Gasteiger partial charge in [0.2, 0.25) is 0 Å². The number of aryl methyl sites for hydroxylation is 2. The molecule has 0 aliphatic carbocycles. The number of carboxylic acids is 1. The lowest BCUT2D eigenvalue weighted by Gasteiger charge is -2.19. The molecule has 0 unspecified atom stereocenters. The minimum absolute atomic E-state index is 0.0219. The number of carbonyl (C=O) groups excluding carboxylic acids is 1. The van der Waals surface area contributed by atoms with Crippen LogP contribution in [0.1, 0.15) is 28.7 Å². The van der Waals surface area contributed by atoms with E-state index in [9.17, 15) is 14.0 Å². The Morgan fingerprint density at radius 2 is 1.86 bits per heavy atom. The molecule has 1 N–H and O–H groups in total. The molecule has 7 heteroatoms. The molecule has 2 aromatic rings. The average Bonchev–Trinajstić information content (AvgIpc) is 2.44. The number of hydrogen-bond donors (Lipinski definition) is 1. The molecular formula is C15H16FN3O3. The number of aromatic nitrogens is 2.